The highest BCUT2D eigenvalue weighted by Gasteiger charge is 2.44. The molecule has 0 saturated carbocycles. The molecule has 1 heterocycles. The zero-order chi connectivity index (χ0) is 38.1. The van der Waals surface area contributed by atoms with Gasteiger partial charge in [-0.2, -0.15) is 0 Å². The van der Waals surface area contributed by atoms with Gasteiger partial charge in [0.2, 0.25) is 5.91 Å². The minimum absolute atomic E-state index is 0.132. The normalized spacial score (nSPS) is 21.7. The van der Waals surface area contributed by atoms with E-state index in [2.05, 4.69) is 19.2 Å². The molecule has 0 spiro atoms. The molecule has 0 bridgehead atoms. The van der Waals surface area contributed by atoms with E-state index in [4.69, 9.17) is 9.47 Å². The molecule has 0 aliphatic carbocycles. The van der Waals surface area contributed by atoms with Gasteiger partial charge in [-0.15, -0.1) is 0 Å². The Morgan fingerprint density at radius 1 is 0.577 bits per heavy atom. The van der Waals surface area contributed by atoms with Crippen LogP contribution < -0.4 is 5.32 Å². The highest BCUT2D eigenvalue weighted by Crippen LogP contribution is 2.23. The molecule has 1 saturated heterocycles. The molecule has 7 atom stereocenters. The lowest BCUT2D eigenvalue weighted by Crippen LogP contribution is -2.60. The second-order valence-corrected chi connectivity index (χ2v) is 15.9. The van der Waals surface area contributed by atoms with Crippen molar-refractivity contribution in [3.8, 4) is 0 Å². The third kappa shape index (κ3) is 25.3. The van der Waals surface area contributed by atoms with Gasteiger partial charge in [0.15, 0.2) is 6.29 Å². The van der Waals surface area contributed by atoms with Gasteiger partial charge in [-0.05, 0) is 12.8 Å². The molecule has 6 N–H and O–H groups in total. The van der Waals surface area contributed by atoms with Crippen LogP contribution in [0.15, 0.2) is 0 Å². The first-order valence-electron chi connectivity index (χ1n) is 22.2. The van der Waals surface area contributed by atoms with Crippen LogP contribution in [0.3, 0.4) is 0 Å². The number of carbonyl (C=O) groups is 1. The summed E-state index contributed by atoms with van der Waals surface area (Å²) in [5, 5.41) is 54.2. The Hall–Kier alpha value is -0.810. The summed E-state index contributed by atoms with van der Waals surface area (Å²) in [6, 6.07) is -0.710. The standard InChI is InChI=1S/C43H85NO8/c1-3-5-7-9-11-13-15-17-18-19-20-21-22-24-26-28-30-32-37(46)36(35-51-43-42(50)41(49)40(48)38(34-45)52-43)44-39(47)33-31-29-27-25-23-16-14-12-10-8-6-4-2/h36-38,40-43,45-46,48-50H,3-35H2,1-2H3,(H,44,47). The van der Waals surface area contributed by atoms with Crippen molar-refractivity contribution >= 4 is 5.91 Å². The van der Waals surface area contributed by atoms with Crippen molar-refractivity contribution in [2.45, 2.75) is 256 Å². The van der Waals surface area contributed by atoms with Crippen molar-refractivity contribution in [2.75, 3.05) is 13.2 Å². The number of hydrogen-bond acceptors (Lipinski definition) is 8. The van der Waals surface area contributed by atoms with Crippen LogP contribution in [0.1, 0.15) is 213 Å². The van der Waals surface area contributed by atoms with Gasteiger partial charge in [-0.1, -0.05) is 194 Å². The maximum absolute atomic E-state index is 12.9. The minimum atomic E-state index is -1.55. The molecule has 7 unspecified atom stereocenters. The molecule has 1 aliphatic heterocycles. The summed E-state index contributed by atoms with van der Waals surface area (Å²) in [7, 11) is 0. The number of aliphatic hydroxyl groups is 5. The number of ether oxygens (including phenoxy) is 2. The number of amides is 1. The van der Waals surface area contributed by atoms with Crippen LogP contribution in [0.2, 0.25) is 0 Å². The monoisotopic (exact) mass is 744 g/mol. The minimum Gasteiger partial charge on any atom is -0.394 e. The lowest BCUT2D eigenvalue weighted by molar-refractivity contribution is -0.302. The highest BCUT2D eigenvalue weighted by molar-refractivity contribution is 5.76. The first kappa shape index (κ1) is 49.2. The maximum Gasteiger partial charge on any atom is 0.220 e. The summed E-state index contributed by atoms with van der Waals surface area (Å²) >= 11 is 0. The second kappa shape index (κ2) is 34.7. The average molecular weight is 744 g/mol. The van der Waals surface area contributed by atoms with E-state index >= 15 is 0 Å². The molecule has 52 heavy (non-hydrogen) atoms. The van der Waals surface area contributed by atoms with Crippen molar-refractivity contribution in [3.63, 3.8) is 0 Å². The van der Waals surface area contributed by atoms with Gasteiger partial charge in [-0.3, -0.25) is 4.79 Å². The van der Waals surface area contributed by atoms with Gasteiger partial charge in [0, 0.05) is 6.42 Å². The lowest BCUT2D eigenvalue weighted by Gasteiger charge is -2.40. The molecular formula is C43H85NO8. The summed E-state index contributed by atoms with van der Waals surface area (Å²) in [5.74, 6) is -0.143. The molecule has 9 nitrogen and oxygen atoms in total. The van der Waals surface area contributed by atoms with Crippen LogP contribution in [0.25, 0.3) is 0 Å². The molecule has 0 aromatic carbocycles. The summed E-state index contributed by atoms with van der Waals surface area (Å²) in [4.78, 5) is 12.9. The SMILES string of the molecule is CCCCCCCCCCCCCCCCCCCC(O)C(COC1OC(CO)C(O)C(O)C1O)NC(=O)CCCCCCCCCCCCCC. The molecule has 0 aromatic rings. The number of aliphatic hydroxyl groups excluding tert-OH is 5. The largest absolute Gasteiger partial charge is 0.394 e. The first-order valence-corrected chi connectivity index (χ1v) is 22.2. The molecule has 0 radical (unpaired) electrons. The summed E-state index contributed by atoms with van der Waals surface area (Å²) in [6.45, 7) is 3.83. The van der Waals surface area contributed by atoms with E-state index < -0.39 is 49.5 Å². The van der Waals surface area contributed by atoms with Gasteiger partial charge < -0.3 is 40.3 Å². The zero-order valence-corrected chi connectivity index (χ0v) is 33.8. The van der Waals surface area contributed by atoms with E-state index in [1.807, 2.05) is 0 Å². The van der Waals surface area contributed by atoms with E-state index in [9.17, 15) is 30.3 Å². The smallest absolute Gasteiger partial charge is 0.220 e. The Labute approximate surface area is 319 Å². The zero-order valence-electron chi connectivity index (χ0n) is 33.8. The fraction of sp³-hybridized carbons (Fsp3) is 0.977. The number of rotatable bonds is 37. The Kier molecular flexibility index (Phi) is 32.8. The van der Waals surface area contributed by atoms with Gasteiger partial charge in [0.1, 0.15) is 24.4 Å². The Bertz CT molecular complexity index is 786. The predicted octanol–water partition coefficient (Wildman–Crippen LogP) is 8.78. The molecule has 310 valence electrons. The molecule has 1 rings (SSSR count). The van der Waals surface area contributed by atoms with Gasteiger partial charge >= 0.3 is 0 Å². The van der Waals surface area contributed by atoms with E-state index in [0.29, 0.717) is 12.8 Å². The fourth-order valence-electron chi connectivity index (χ4n) is 7.34. The Balaban J connectivity index is 2.33. The van der Waals surface area contributed by atoms with E-state index in [-0.39, 0.29) is 12.5 Å². The third-order valence-corrected chi connectivity index (χ3v) is 11.0. The van der Waals surface area contributed by atoms with E-state index in [0.717, 1.165) is 38.5 Å². The molecule has 1 aliphatic rings. The van der Waals surface area contributed by atoms with Gasteiger partial charge in [-0.25, -0.2) is 0 Å². The summed E-state index contributed by atoms with van der Waals surface area (Å²) in [6.07, 6.45) is 29.6. The second-order valence-electron chi connectivity index (χ2n) is 15.9. The summed E-state index contributed by atoms with van der Waals surface area (Å²) in [5.41, 5.74) is 0. The number of carbonyl (C=O) groups excluding carboxylic acids is 1. The quantitative estimate of drug-likeness (QED) is 0.0346. The van der Waals surface area contributed by atoms with Crippen LogP contribution >= 0.6 is 0 Å². The maximum atomic E-state index is 12.9. The van der Waals surface area contributed by atoms with Crippen molar-refractivity contribution in [1.82, 2.24) is 5.32 Å². The van der Waals surface area contributed by atoms with Crippen LogP contribution in [0, 0.1) is 0 Å². The fourth-order valence-corrected chi connectivity index (χ4v) is 7.34. The van der Waals surface area contributed by atoms with Crippen molar-refractivity contribution < 1.29 is 39.8 Å². The van der Waals surface area contributed by atoms with Crippen LogP contribution in [-0.2, 0) is 14.3 Å². The van der Waals surface area contributed by atoms with E-state index in [1.54, 1.807) is 0 Å². The molecule has 1 fully saturated rings. The molecule has 9 heteroatoms. The topological polar surface area (TPSA) is 149 Å². The van der Waals surface area contributed by atoms with E-state index in [1.165, 1.54) is 148 Å². The Morgan fingerprint density at radius 3 is 1.37 bits per heavy atom. The third-order valence-electron chi connectivity index (χ3n) is 11.0. The van der Waals surface area contributed by atoms with Crippen molar-refractivity contribution in [3.05, 3.63) is 0 Å². The number of hydrogen-bond donors (Lipinski definition) is 6. The highest BCUT2D eigenvalue weighted by atomic mass is 16.7. The van der Waals surface area contributed by atoms with Gasteiger partial charge in [0.05, 0.1) is 25.4 Å². The molecular weight excluding hydrogens is 658 g/mol. The Morgan fingerprint density at radius 2 is 0.962 bits per heavy atom. The van der Waals surface area contributed by atoms with Crippen molar-refractivity contribution in [2.24, 2.45) is 0 Å². The lowest BCUT2D eigenvalue weighted by atomic mass is 9.99. The average Bonchev–Trinajstić information content (AvgIpc) is 3.14. The van der Waals surface area contributed by atoms with Crippen LogP contribution in [0.5, 0.6) is 0 Å². The predicted molar refractivity (Wildman–Crippen MR) is 212 cm³/mol. The molecule has 1 amide bonds. The number of unbranched alkanes of at least 4 members (excludes halogenated alkanes) is 27. The molecule has 0 aromatic heterocycles. The van der Waals surface area contributed by atoms with Gasteiger partial charge in [0.25, 0.3) is 0 Å². The van der Waals surface area contributed by atoms with Crippen molar-refractivity contribution in [1.29, 1.82) is 0 Å². The van der Waals surface area contributed by atoms with Crippen LogP contribution in [0.4, 0.5) is 0 Å². The first-order chi connectivity index (χ1) is 25.3. The summed E-state index contributed by atoms with van der Waals surface area (Å²) < 4.78 is 11.2. The number of nitrogens with one attached hydrogen (secondary N) is 1. The van der Waals surface area contributed by atoms with Crippen LogP contribution in [-0.4, -0.2) is 87.5 Å².